The molecule has 0 radical (unpaired) electrons. The molecule has 20 heavy (non-hydrogen) atoms. The lowest BCUT2D eigenvalue weighted by molar-refractivity contribution is 0.171. The van der Waals surface area contributed by atoms with Crippen LogP contribution in [0.2, 0.25) is 0 Å². The Labute approximate surface area is 119 Å². The van der Waals surface area contributed by atoms with Crippen molar-refractivity contribution < 1.29 is 9.53 Å². The fraction of sp³-hybridized carbons (Fsp3) is 0.643. The van der Waals surface area contributed by atoms with E-state index in [9.17, 15) is 4.79 Å². The first kappa shape index (κ1) is 14.7. The third-order valence-electron chi connectivity index (χ3n) is 3.68. The highest BCUT2D eigenvalue weighted by Gasteiger charge is 2.42. The summed E-state index contributed by atoms with van der Waals surface area (Å²) >= 11 is 0. The number of hydrogen-bond acceptors (Lipinski definition) is 4. The van der Waals surface area contributed by atoms with Gasteiger partial charge in [-0.1, -0.05) is 0 Å². The molecule has 1 aromatic rings. The third kappa shape index (κ3) is 4.45. The second-order valence-electron chi connectivity index (χ2n) is 5.37. The van der Waals surface area contributed by atoms with Gasteiger partial charge >= 0.3 is 6.03 Å². The molecule has 2 N–H and O–H groups in total. The molecule has 2 amide bonds. The average molecular weight is 278 g/mol. The second kappa shape index (κ2) is 6.65. The van der Waals surface area contributed by atoms with Crippen molar-refractivity contribution in [1.29, 1.82) is 0 Å². The predicted octanol–water partition coefficient (Wildman–Crippen LogP) is 1.40. The molecule has 1 saturated carbocycles. The molecule has 6 nitrogen and oxygen atoms in total. The normalized spacial score (nSPS) is 15.7. The van der Waals surface area contributed by atoms with Crippen LogP contribution in [0.3, 0.4) is 0 Å². The molecule has 1 aliphatic rings. The Bertz CT molecular complexity index is 460. The van der Waals surface area contributed by atoms with Crippen LogP contribution in [0.1, 0.15) is 30.8 Å². The molecule has 2 rings (SSSR count). The Hall–Kier alpha value is -1.69. The van der Waals surface area contributed by atoms with Crippen LogP contribution in [0.15, 0.2) is 12.3 Å². The first-order chi connectivity index (χ1) is 9.63. The van der Waals surface area contributed by atoms with E-state index in [1.807, 2.05) is 6.92 Å². The zero-order valence-electron chi connectivity index (χ0n) is 12.1. The number of amides is 2. The van der Waals surface area contributed by atoms with Crippen molar-refractivity contribution in [3.63, 3.8) is 0 Å². The number of carbonyl (C=O) groups is 1. The van der Waals surface area contributed by atoms with Crippen LogP contribution in [0.4, 0.5) is 4.79 Å². The number of ether oxygens (including phenoxy) is 1. The van der Waals surface area contributed by atoms with Crippen LogP contribution in [0.5, 0.6) is 0 Å². The van der Waals surface area contributed by atoms with Gasteiger partial charge in [0.15, 0.2) is 0 Å². The van der Waals surface area contributed by atoms with Gasteiger partial charge < -0.3 is 15.4 Å². The number of aryl methyl sites for hydroxylation is 1. The van der Waals surface area contributed by atoms with Gasteiger partial charge in [-0.05, 0) is 37.7 Å². The van der Waals surface area contributed by atoms with E-state index in [2.05, 4.69) is 20.6 Å². The minimum absolute atomic E-state index is 0.148. The zero-order valence-corrected chi connectivity index (χ0v) is 12.1. The molecule has 0 aliphatic heterocycles. The van der Waals surface area contributed by atoms with Crippen LogP contribution < -0.4 is 10.6 Å². The summed E-state index contributed by atoms with van der Waals surface area (Å²) < 4.78 is 5.10. The van der Waals surface area contributed by atoms with Gasteiger partial charge in [-0.2, -0.15) is 0 Å². The van der Waals surface area contributed by atoms with Crippen LogP contribution in [0.25, 0.3) is 0 Å². The summed E-state index contributed by atoms with van der Waals surface area (Å²) in [6.07, 6.45) is 5.04. The van der Waals surface area contributed by atoms with Gasteiger partial charge in [0.1, 0.15) is 5.82 Å². The fourth-order valence-electron chi connectivity index (χ4n) is 2.12. The lowest BCUT2D eigenvalue weighted by Crippen LogP contribution is -2.38. The molecule has 0 spiro atoms. The van der Waals surface area contributed by atoms with Crippen molar-refractivity contribution in [2.45, 2.75) is 32.7 Å². The quantitative estimate of drug-likeness (QED) is 0.790. The first-order valence-electron chi connectivity index (χ1n) is 6.93. The summed E-state index contributed by atoms with van der Waals surface area (Å²) in [5.41, 5.74) is 1.08. The van der Waals surface area contributed by atoms with Gasteiger partial charge in [-0.25, -0.2) is 14.8 Å². The van der Waals surface area contributed by atoms with Crippen molar-refractivity contribution >= 4 is 6.03 Å². The lowest BCUT2D eigenvalue weighted by Gasteiger charge is -2.15. The molecule has 0 aromatic carbocycles. The number of urea groups is 1. The molecule has 6 heteroatoms. The van der Waals surface area contributed by atoms with Gasteiger partial charge in [-0.3, -0.25) is 0 Å². The topological polar surface area (TPSA) is 76.1 Å². The number of methoxy groups -OCH3 is 1. The number of nitrogens with zero attached hydrogens (tertiary/aromatic N) is 2. The Kier molecular flexibility index (Phi) is 4.89. The Balaban J connectivity index is 1.68. The highest BCUT2D eigenvalue weighted by atomic mass is 16.5. The first-order valence-corrected chi connectivity index (χ1v) is 6.93. The molecule has 1 aliphatic carbocycles. The van der Waals surface area contributed by atoms with Gasteiger partial charge in [0.25, 0.3) is 0 Å². The molecule has 1 aromatic heterocycles. The molecule has 0 bridgehead atoms. The number of nitrogens with one attached hydrogen (secondary N) is 2. The minimum atomic E-state index is -0.148. The number of aromatic nitrogens is 2. The molecule has 1 fully saturated rings. The largest absolute Gasteiger partial charge is 0.385 e. The highest BCUT2D eigenvalue weighted by molar-refractivity contribution is 5.73. The smallest absolute Gasteiger partial charge is 0.315 e. The van der Waals surface area contributed by atoms with Crippen molar-refractivity contribution in [2.75, 3.05) is 20.3 Å². The van der Waals surface area contributed by atoms with Crippen molar-refractivity contribution in [3.8, 4) is 0 Å². The van der Waals surface area contributed by atoms with Gasteiger partial charge in [0.2, 0.25) is 0 Å². The van der Waals surface area contributed by atoms with Crippen LogP contribution in [-0.2, 0) is 11.3 Å². The highest BCUT2D eigenvalue weighted by Crippen LogP contribution is 2.48. The number of rotatable bonds is 7. The zero-order chi connectivity index (χ0) is 14.4. The molecule has 0 saturated heterocycles. The predicted molar refractivity (Wildman–Crippen MR) is 75.2 cm³/mol. The summed E-state index contributed by atoms with van der Waals surface area (Å²) in [4.78, 5) is 20.0. The van der Waals surface area contributed by atoms with E-state index in [1.54, 1.807) is 19.4 Å². The SMILES string of the molecule is COCCC1(CNC(=O)NCc2ccnc(C)n2)CC1. The average Bonchev–Trinajstić information content (AvgIpc) is 3.21. The second-order valence-corrected chi connectivity index (χ2v) is 5.37. The van der Waals surface area contributed by atoms with E-state index in [4.69, 9.17) is 4.74 Å². The van der Waals surface area contributed by atoms with Crippen LogP contribution in [-0.4, -0.2) is 36.3 Å². The summed E-state index contributed by atoms with van der Waals surface area (Å²) in [5, 5.41) is 5.74. The van der Waals surface area contributed by atoms with Crippen molar-refractivity contribution in [3.05, 3.63) is 23.8 Å². The Morgan fingerprint density at radius 1 is 1.45 bits per heavy atom. The van der Waals surface area contributed by atoms with Gasteiger partial charge in [-0.15, -0.1) is 0 Å². The molecular formula is C14H22N4O2. The Morgan fingerprint density at radius 2 is 2.25 bits per heavy atom. The Morgan fingerprint density at radius 3 is 2.90 bits per heavy atom. The summed E-state index contributed by atoms with van der Waals surface area (Å²) in [6, 6.07) is 1.65. The summed E-state index contributed by atoms with van der Waals surface area (Å²) in [5.74, 6) is 0.709. The van der Waals surface area contributed by atoms with E-state index in [1.165, 1.54) is 12.8 Å². The van der Waals surface area contributed by atoms with E-state index in [-0.39, 0.29) is 11.4 Å². The number of hydrogen-bond donors (Lipinski definition) is 2. The van der Waals surface area contributed by atoms with E-state index < -0.39 is 0 Å². The van der Waals surface area contributed by atoms with Crippen LogP contribution in [0, 0.1) is 12.3 Å². The van der Waals surface area contributed by atoms with E-state index in [0.717, 1.165) is 18.7 Å². The monoisotopic (exact) mass is 278 g/mol. The maximum absolute atomic E-state index is 11.8. The summed E-state index contributed by atoms with van der Waals surface area (Å²) in [7, 11) is 1.71. The third-order valence-corrected chi connectivity index (χ3v) is 3.68. The maximum Gasteiger partial charge on any atom is 0.315 e. The van der Waals surface area contributed by atoms with Gasteiger partial charge in [0.05, 0.1) is 12.2 Å². The molecule has 0 unspecified atom stereocenters. The van der Waals surface area contributed by atoms with E-state index >= 15 is 0 Å². The molecule has 1 heterocycles. The minimum Gasteiger partial charge on any atom is -0.385 e. The molecular weight excluding hydrogens is 256 g/mol. The van der Waals surface area contributed by atoms with E-state index in [0.29, 0.717) is 18.9 Å². The lowest BCUT2D eigenvalue weighted by atomic mass is 10.0. The van der Waals surface area contributed by atoms with Gasteiger partial charge in [0, 0.05) is 26.5 Å². The summed E-state index contributed by atoms with van der Waals surface area (Å²) in [6.45, 7) is 3.71. The number of carbonyl (C=O) groups excluding carboxylic acids is 1. The van der Waals surface area contributed by atoms with Crippen molar-refractivity contribution in [1.82, 2.24) is 20.6 Å². The van der Waals surface area contributed by atoms with Crippen molar-refractivity contribution in [2.24, 2.45) is 5.41 Å². The standard InChI is InChI=1S/C14H22N4O2/c1-11-15-7-3-12(18-11)9-16-13(19)17-10-14(4-5-14)6-8-20-2/h3,7H,4-6,8-10H2,1-2H3,(H2,16,17,19). The maximum atomic E-state index is 11.8. The molecule has 0 atom stereocenters. The van der Waals surface area contributed by atoms with Crippen LogP contribution >= 0.6 is 0 Å². The fourth-order valence-corrected chi connectivity index (χ4v) is 2.12. The molecule has 110 valence electrons.